The molecule has 1 aliphatic rings. The predicted molar refractivity (Wildman–Crippen MR) is 95.8 cm³/mol. The Balaban J connectivity index is 1.66. The van der Waals surface area contributed by atoms with Gasteiger partial charge in [-0.1, -0.05) is 24.3 Å². The molecule has 0 spiro atoms. The van der Waals surface area contributed by atoms with Gasteiger partial charge >= 0.3 is 0 Å². The molecule has 3 heterocycles. The van der Waals surface area contributed by atoms with Crippen LogP contribution in [-0.2, 0) is 4.74 Å². The fourth-order valence-electron chi connectivity index (χ4n) is 3.01. The number of hydrogen-bond acceptors (Lipinski definition) is 7. The maximum atomic E-state index is 12.4. The molecule has 3 aromatic rings. The number of hydrogen-bond donors (Lipinski definition) is 3. The molecular weight excluding hydrogens is 350 g/mol. The van der Waals surface area contributed by atoms with Gasteiger partial charge in [-0.2, -0.15) is 0 Å². The highest BCUT2D eigenvalue weighted by Crippen LogP contribution is 2.32. The minimum absolute atomic E-state index is 0.237. The first-order chi connectivity index (χ1) is 13.1. The molecule has 9 nitrogen and oxygen atoms in total. The first-order valence-corrected chi connectivity index (χ1v) is 8.28. The van der Waals surface area contributed by atoms with Crippen molar-refractivity contribution in [2.24, 2.45) is 0 Å². The number of fused-ring (bicyclic) bond motifs is 1. The number of nitrogens with one attached hydrogen (secondary N) is 1. The van der Waals surface area contributed by atoms with Gasteiger partial charge in [0.25, 0.3) is 5.91 Å². The molecular formula is C18H17N5O4. The standard InChI is InChI=1S/C18H17N5O4/c1-2-11-13(24)14(25)18(27-11)23-9-21-12-15(19-8-20-16(12)23)22-17(26)10-6-4-3-5-7-10/h2-9,11,13-14,18,24-25H,1H2,(H,19,20,22,26)/t11-,13-,14-,18-/m0/s1. The van der Waals surface area contributed by atoms with Crippen LogP contribution in [0, 0.1) is 0 Å². The van der Waals surface area contributed by atoms with Crippen molar-refractivity contribution in [3.05, 3.63) is 61.2 Å². The first kappa shape index (κ1) is 17.3. The predicted octanol–water partition coefficient (Wildman–Crippen LogP) is 0.884. The maximum absolute atomic E-state index is 12.4. The number of carbonyl (C=O) groups excluding carboxylic acids is 1. The van der Waals surface area contributed by atoms with Crippen molar-refractivity contribution in [2.45, 2.75) is 24.5 Å². The molecule has 1 aliphatic heterocycles. The third kappa shape index (κ3) is 2.97. The van der Waals surface area contributed by atoms with Gasteiger partial charge in [0.05, 0.1) is 6.33 Å². The van der Waals surface area contributed by atoms with Crippen LogP contribution in [0.25, 0.3) is 11.2 Å². The van der Waals surface area contributed by atoms with Gasteiger partial charge in [-0.15, -0.1) is 6.58 Å². The van der Waals surface area contributed by atoms with Crippen LogP contribution in [0.5, 0.6) is 0 Å². The second-order valence-electron chi connectivity index (χ2n) is 6.07. The van der Waals surface area contributed by atoms with Crippen molar-refractivity contribution in [1.29, 1.82) is 0 Å². The lowest BCUT2D eigenvalue weighted by Gasteiger charge is -2.16. The quantitative estimate of drug-likeness (QED) is 0.585. The molecule has 0 bridgehead atoms. The second-order valence-corrected chi connectivity index (χ2v) is 6.07. The number of rotatable bonds is 4. The van der Waals surface area contributed by atoms with Crippen LogP contribution in [0.15, 0.2) is 55.6 Å². The van der Waals surface area contributed by atoms with E-state index < -0.39 is 24.5 Å². The fraction of sp³-hybridized carbons (Fsp3) is 0.222. The molecule has 27 heavy (non-hydrogen) atoms. The number of aromatic nitrogens is 4. The molecule has 1 fully saturated rings. The molecule has 4 atom stereocenters. The lowest BCUT2D eigenvalue weighted by molar-refractivity contribution is -0.0244. The molecule has 1 aromatic carbocycles. The summed E-state index contributed by atoms with van der Waals surface area (Å²) < 4.78 is 7.13. The second kappa shape index (κ2) is 6.88. The average Bonchev–Trinajstić information content (AvgIpc) is 3.25. The zero-order chi connectivity index (χ0) is 19.0. The summed E-state index contributed by atoms with van der Waals surface area (Å²) in [6.07, 6.45) is 0.245. The molecule has 0 aliphatic carbocycles. The van der Waals surface area contributed by atoms with E-state index in [-0.39, 0.29) is 11.7 Å². The lowest BCUT2D eigenvalue weighted by atomic mass is 10.1. The first-order valence-electron chi connectivity index (χ1n) is 8.28. The number of carbonyl (C=O) groups is 1. The molecule has 1 saturated heterocycles. The van der Waals surface area contributed by atoms with Crippen LogP contribution < -0.4 is 5.32 Å². The number of aliphatic hydroxyl groups excluding tert-OH is 2. The van der Waals surface area contributed by atoms with E-state index in [4.69, 9.17) is 4.74 Å². The van der Waals surface area contributed by atoms with Gasteiger partial charge in [0.1, 0.15) is 24.6 Å². The Morgan fingerprint density at radius 1 is 1.19 bits per heavy atom. The number of benzene rings is 1. The van der Waals surface area contributed by atoms with E-state index in [1.54, 1.807) is 24.3 Å². The van der Waals surface area contributed by atoms with Gasteiger partial charge in [-0.25, -0.2) is 15.0 Å². The summed E-state index contributed by atoms with van der Waals surface area (Å²) in [5.41, 5.74) is 1.18. The normalized spacial score (nSPS) is 24.8. The van der Waals surface area contributed by atoms with Crippen molar-refractivity contribution in [3.8, 4) is 0 Å². The molecule has 2 aromatic heterocycles. The Bertz CT molecular complexity index is 990. The highest BCUT2D eigenvalue weighted by atomic mass is 16.6. The zero-order valence-electron chi connectivity index (χ0n) is 14.1. The summed E-state index contributed by atoms with van der Waals surface area (Å²) in [5.74, 6) is -0.0923. The molecule has 1 amide bonds. The molecule has 3 N–H and O–H groups in total. The van der Waals surface area contributed by atoms with Gasteiger partial charge in [0.2, 0.25) is 0 Å². The summed E-state index contributed by atoms with van der Waals surface area (Å²) in [7, 11) is 0. The van der Waals surface area contributed by atoms with Crippen molar-refractivity contribution in [1.82, 2.24) is 19.5 Å². The number of amides is 1. The lowest BCUT2D eigenvalue weighted by Crippen LogP contribution is -2.30. The fourth-order valence-corrected chi connectivity index (χ4v) is 3.01. The maximum Gasteiger partial charge on any atom is 0.256 e. The van der Waals surface area contributed by atoms with Crippen LogP contribution in [0.3, 0.4) is 0 Å². The van der Waals surface area contributed by atoms with E-state index in [1.807, 2.05) is 6.07 Å². The van der Waals surface area contributed by atoms with E-state index in [0.29, 0.717) is 16.7 Å². The summed E-state index contributed by atoms with van der Waals surface area (Å²) in [5, 5.41) is 23.0. The zero-order valence-corrected chi connectivity index (χ0v) is 14.1. The van der Waals surface area contributed by atoms with Crippen LogP contribution in [0.4, 0.5) is 5.82 Å². The van der Waals surface area contributed by atoms with E-state index in [1.165, 1.54) is 23.3 Å². The number of anilines is 1. The van der Waals surface area contributed by atoms with E-state index in [9.17, 15) is 15.0 Å². The van der Waals surface area contributed by atoms with Crippen molar-refractivity contribution >= 4 is 22.9 Å². The van der Waals surface area contributed by atoms with E-state index >= 15 is 0 Å². The Morgan fingerprint density at radius 2 is 1.96 bits per heavy atom. The highest BCUT2D eigenvalue weighted by Gasteiger charge is 2.43. The minimum Gasteiger partial charge on any atom is -0.387 e. The SMILES string of the molecule is C=C[C@@H]1O[C@H](n2cnc3c(NC(=O)c4ccccc4)ncnc32)[C@@H](O)[C@H]1O. The van der Waals surface area contributed by atoms with Crippen LogP contribution >= 0.6 is 0 Å². The van der Waals surface area contributed by atoms with Crippen LogP contribution in [-0.4, -0.2) is 54.0 Å². The molecule has 138 valence electrons. The van der Waals surface area contributed by atoms with Gasteiger partial charge < -0.3 is 20.3 Å². The summed E-state index contributed by atoms with van der Waals surface area (Å²) >= 11 is 0. The molecule has 0 unspecified atom stereocenters. The van der Waals surface area contributed by atoms with Gasteiger partial charge in [0, 0.05) is 5.56 Å². The van der Waals surface area contributed by atoms with E-state index in [0.717, 1.165) is 0 Å². The molecule has 0 radical (unpaired) electrons. The van der Waals surface area contributed by atoms with Gasteiger partial charge in [-0.3, -0.25) is 9.36 Å². The largest absolute Gasteiger partial charge is 0.387 e. The summed E-state index contributed by atoms with van der Waals surface area (Å²) in [6, 6.07) is 8.72. The average molecular weight is 367 g/mol. The Kier molecular flexibility index (Phi) is 4.40. The highest BCUT2D eigenvalue weighted by molar-refractivity contribution is 6.06. The molecule has 9 heteroatoms. The van der Waals surface area contributed by atoms with Crippen LogP contribution in [0.2, 0.25) is 0 Å². The number of nitrogens with zero attached hydrogens (tertiary/aromatic N) is 4. The van der Waals surface area contributed by atoms with Gasteiger partial charge in [-0.05, 0) is 12.1 Å². The summed E-state index contributed by atoms with van der Waals surface area (Å²) in [4.78, 5) is 24.9. The monoisotopic (exact) mass is 367 g/mol. The minimum atomic E-state index is -1.18. The van der Waals surface area contributed by atoms with Crippen molar-refractivity contribution in [2.75, 3.05) is 5.32 Å². The van der Waals surface area contributed by atoms with Crippen molar-refractivity contribution in [3.63, 3.8) is 0 Å². The number of aliphatic hydroxyl groups is 2. The number of imidazole rings is 1. The van der Waals surface area contributed by atoms with Gasteiger partial charge in [0.15, 0.2) is 23.2 Å². The smallest absolute Gasteiger partial charge is 0.256 e. The molecule has 4 rings (SSSR count). The van der Waals surface area contributed by atoms with Crippen molar-refractivity contribution < 1.29 is 19.7 Å². The Hall–Kier alpha value is -3.14. The Labute approximate surface area is 154 Å². The summed E-state index contributed by atoms with van der Waals surface area (Å²) in [6.45, 7) is 3.59. The van der Waals surface area contributed by atoms with Crippen LogP contribution in [0.1, 0.15) is 16.6 Å². The number of ether oxygens (including phenoxy) is 1. The third-order valence-corrected chi connectivity index (χ3v) is 4.41. The topological polar surface area (TPSA) is 122 Å². The Morgan fingerprint density at radius 3 is 2.67 bits per heavy atom. The van der Waals surface area contributed by atoms with E-state index in [2.05, 4.69) is 26.8 Å². The third-order valence-electron chi connectivity index (χ3n) is 4.41. The molecule has 0 saturated carbocycles.